The second-order valence-corrected chi connectivity index (χ2v) is 3.50. The summed E-state index contributed by atoms with van der Waals surface area (Å²) in [6.07, 6.45) is 1.04. The summed E-state index contributed by atoms with van der Waals surface area (Å²) in [5.41, 5.74) is 5.06. The number of primary amides is 1. The van der Waals surface area contributed by atoms with E-state index in [1.54, 1.807) is 4.90 Å². The molecule has 1 atom stereocenters. The molecule has 14 heavy (non-hydrogen) atoms. The largest absolute Gasteiger partial charge is 0.370 e. The monoisotopic (exact) mass is 199 g/mol. The van der Waals surface area contributed by atoms with Gasteiger partial charge >= 0.3 is 0 Å². The maximum Gasteiger partial charge on any atom is 0.240 e. The van der Waals surface area contributed by atoms with Gasteiger partial charge in [-0.1, -0.05) is 6.92 Å². The topological polar surface area (TPSA) is 75.4 Å². The minimum absolute atomic E-state index is 0.00287. The van der Waals surface area contributed by atoms with Crippen molar-refractivity contribution in [2.24, 2.45) is 5.73 Å². The third kappa shape index (κ3) is 2.70. The van der Waals surface area contributed by atoms with E-state index >= 15 is 0 Å². The number of carbonyl (C=O) groups is 2. The maximum absolute atomic E-state index is 11.7. The van der Waals surface area contributed by atoms with E-state index in [-0.39, 0.29) is 12.3 Å². The Kier molecular flexibility index (Phi) is 3.88. The summed E-state index contributed by atoms with van der Waals surface area (Å²) in [4.78, 5) is 24.2. The summed E-state index contributed by atoms with van der Waals surface area (Å²) in [7, 11) is 0. The number of amides is 2. The number of hydrogen-bond acceptors (Lipinski definition) is 3. The van der Waals surface area contributed by atoms with Crippen LogP contribution in [0, 0.1) is 0 Å². The van der Waals surface area contributed by atoms with Gasteiger partial charge in [0, 0.05) is 19.6 Å². The predicted molar refractivity (Wildman–Crippen MR) is 52.5 cm³/mol. The highest BCUT2D eigenvalue weighted by atomic mass is 16.2. The Hall–Kier alpha value is -1.10. The fraction of sp³-hybridized carbons (Fsp3) is 0.778. The van der Waals surface area contributed by atoms with Gasteiger partial charge in [0.25, 0.3) is 0 Å². The Labute approximate surface area is 83.6 Å². The molecule has 0 aliphatic carbocycles. The Morgan fingerprint density at radius 1 is 1.71 bits per heavy atom. The molecule has 1 fully saturated rings. The Balaban J connectivity index is 2.52. The number of carbonyl (C=O) groups excluding carboxylic acids is 2. The number of piperazine rings is 1. The van der Waals surface area contributed by atoms with Crippen LogP contribution in [0.15, 0.2) is 0 Å². The van der Waals surface area contributed by atoms with Crippen molar-refractivity contribution in [1.29, 1.82) is 0 Å². The van der Waals surface area contributed by atoms with E-state index in [0.717, 1.165) is 26.1 Å². The zero-order valence-electron chi connectivity index (χ0n) is 8.45. The number of nitrogens with one attached hydrogen (secondary N) is 1. The third-order valence-corrected chi connectivity index (χ3v) is 2.28. The van der Waals surface area contributed by atoms with E-state index < -0.39 is 11.9 Å². The van der Waals surface area contributed by atoms with Gasteiger partial charge in [-0.3, -0.25) is 9.59 Å². The van der Waals surface area contributed by atoms with Gasteiger partial charge in [0.1, 0.15) is 0 Å². The lowest BCUT2D eigenvalue weighted by molar-refractivity contribution is -0.137. The fourth-order valence-corrected chi connectivity index (χ4v) is 1.64. The molecule has 1 heterocycles. The lowest BCUT2D eigenvalue weighted by atomic mass is 10.1. The molecule has 0 spiro atoms. The molecule has 1 aliphatic rings. The molecule has 5 heteroatoms. The van der Waals surface area contributed by atoms with Crippen molar-refractivity contribution < 1.29 is 9.59 Å². The first-order valence-electron chi connectivity index (χ1n) is 4.95. The van der Waals surface area contributed by atoms with Crippen molar-refractivity contribution in [2.75, 3.05) is 19.6 Å². The van der Waals surface area contributed by atoms with Crippen molar-refractivity contribution in [2.45, 2.75) is 25.8 Å². The van der Waals surface area contributed by atoms with Crippen molar-refractivity contribution in [3.63, 3.8) is 0 Å². The minimum Gasteiger partial charge on any atom is -0.370 e. The van der Waals surface area contributed by atoms with Crippen LogP contribution < -0.4 is 11.1 Å². The van der Waals surface area contributed by atoms with Gasteiger partial charge in [0.05, 0.1) is 12.5 Å². The van der Waals surface area contributed by atoms with Crippen LogP contribution in [0.4, 0.5) is 0 Å². The van der Waals surface area contributed by atoms with Gasteiger partial charge < -0.3 is 16.0 Å². The van der Waals surface area contributed by atoms with Crippen molar-refractivity contribution in [3.05, 3.63) is 0 Å². The van der Waals surface area contributed by atoms with Crippen LogP contribution >= 0.6 is 0 Å². The average molecular weight is 199 g/mol. The molecule has 0 aromatic carbocycles. The molecule has 0 saturated carbocycles. The molecule has 2 amide bonds. The minimum atomic E-state index is -0.436. The Morgan fingerprint density at radius 3 is 3.00 bits per heavy atom. The Morgan fingerprint density at radius 2 is 2.43 bits per heavy atom. The first-order chi connectivity index (χ1) is 6.65. The van der Waals surface area contributed by atoms with Crippen LogP contribution in [-0.4, -0.2) is 42.4 Å². The summed E-state index contributed by atoms with van der Waals surface area (Å²) < 4.78 is 0. The first kappa shape index (κ1) is 11.0. The lowest BCUT2D eigenvalue weighted by Gasteiger charge is -2.32. The van der Waals surface area contributed by atoms with Crippen LogP contribution in [0.5, 0.6) is 0 Å². The van der Waals surface area contributed by atoms with Crippen LogP contribution in [-0.2, 0) is 9.59 Å². The van der Waals surface area contributed by atoms with Gasteiger partial charge in [-0.15, -0.1) is 0 Å². The quantitative estimate of drug-likeness (QED) is 0.614. The zero-order chi connectivity index (χ0) is 10.6. The summed E-state index contributed by atoms with van der Waals surface area (Å²) in [6.45, 7) is 4.25. The number of nitrogens with two attached hydrogens (primary N) is 1. The van der Waals surface area contributed by atoms with E-state index in [1.165, 1.54) is 0 Å². The summed E-state index contributed by atoms with van der Waals surface area (Å²) in [5.74, 6) is -0.439. The molecule has 1 aliphatic heterocycles. The van der Waals surface area contributed by atoms with Crippen LogP contribution in [0.1, 0.15) is 19.8 Å². The smallest absolute Gasteiger partial charge is 0.240 e. The number of hydrogen-bond donors (Lipinski definition) is 2. The highest BCUT2D eigenvalue weighted by molar-refractivity contribution is 5.88. The van der Waals surface area contributed by atoms with Gasteiger partial charge in [-0.2, -0.15) is 0 Å². The van der Waals surface area contributed by atoms with E-state index in [1.807, 2.05) is 6.92 Å². The standard InChI is InChI=1S/C9H17N3O2/c1-2-4-12-5-3-11-7(9(12)14)6-8(10)13/h7,11H,2-6H2,1H3,(H2,10,13). The molecule has 1 saturated heterocycles. The Bertz CT molecular complexity index is 228. The number of nitrogens with zero attached hydrogens (tertiary/aromatic N) is 1. The second kappa shape index (κ2) is 4.95. The second-order valence-electron chi connectivity index (χ2n) is 3.50. The third-order valence-electron chi connectivity index (χ3n) is 2.28. The first-order valence-corrected chi connectivity index (χ1v) is 4.95. The highest BCUT2D eigenvalue weighted by Crippen LogP contribution is 2.05. The fourth-order valence-electron chi connectivity index (χ4n) is 1.64. The molecule has 80 valence electrons. The molecular weight excluding hydrogens is 182 g/mol. The summed E-state index contributed by atoms with van der Waals surface area (Å²) >= 11 is 0. The molecule has 1 rings (SSSR count). The van der Waals surface area contributed by atoms with E-state index in [9.17, 15) is 9.59 Å². The highest BCUT2D eigenvalue weighted by Gasteiger charge is 2.28. The SMILES string of the molecule is CCCN1CCNC(CC(N)=O)C1=O. The molecule has 1 unspecified atom stereocenters. The van der Waals surface area contributed by atoms with Crippen LogP contribution in [0.25, 0.3) is 0 Å². The lowest BCUT2D eigenvalue weighted by Crippen LogP contribution is -2.56. The average Bonchev–Trinajstić information content (AvgIpc) is 2.11. The van der Waals surface area contributed by atoms with Gasteiger partial charge in [0.15, 0.2) is 0 Å². The zero-order valence-corrected chi connectivity index (χ0v) is 8.45. The predicted octanol–water partition coefficient (Wildman–Crippen LogP) is -0.928. The summed E-state index contributed by atoms with van der Waals surface area (Å²) in [6, 6.07) is -0.409. The van der Waals surface area contributed by atoms with E-state index in [4.69, 9.17) is 5.73 Å². The van der Waals surface area contributed by atoms with Crippen molar-refractivity contribution in [3.8, 4) is 0 Å². The van der Waals surface area contributed by atoms with Crippen molar-refractivity contribution in [1.82, 2.24) is 10.2 Å². The molecule has 0 bridgehead atoms. The molecule has 0 aromatic heterocycles. The van der Waals surface area contributed by atoms with Gasteiger partial charge in [0.2, 0.25) is 11.8 Å². The normalized spacial score (nSPS) is 22.5. The van der Waals surface area contributed by atoms with E-state index in [0.29, 0.717) is 0 Å². The molecule has 0 radical (unpaired) electrons. The molecule has 3 N–H and O–H groups in total. The molecule has 0 aromatic rings. The maximum atomic E-state index is 11.7. The number of rotatable bonds is 4. The van der Waals surface area contributed by atoms with Gasteiger partial charge in [-0.25, -0.2) is 0 Å². The molecule has 5 nitrogen and oxygen atoms in total. The summed E-state index contributed by atoms with van der Waals surface area (Å²) in [5, 5.41) is 3.00. The van der Waals surface area contributed by atoms with Crippen molar-refractivity contribution >= 4 is 11.8 Å². The molecular formula is C9H17N3O2. The van der Waals surface area contributed by atoms with Crippen LogP contribution in [0.2, 0.25) is 0 Å². The van der Waals surface area contributed by atoms with Gasteiger partial charge in [-0.05, 0) is 6.42 Å². The van der Waals surface area contributed by atoms with E-state index in [2.05, 4.69) is 5.32 Å². The van der Waals surface area contributed by atoms with Crippen LogP contribution in [0.3, 0.4) is 0 Å².